The number of carbonyl (C=O) groups excluding carboxylic acids is 1. The number of nitrogens with zero attached hydrogens (tertiary/aromatic N) is 4. The van der Waals surface area contributed by atoms with Crippen LogP contribution >= 0.6 is 0 Å². The van der Waals surface area contributed by atoms with Crippen molar-refractivity contribution in [2.75, 3.05) is 5.43 Å². The van der Waals surface area contributed by atoms with Crippen molar-refractivity contribution in [3.05, 3.63) is 30.6 Å². The highest BCUT2D eigenvalue weighted by Crippen LogP contribution is 2.11. The Morgan fingerprint density at radius 1 is 1.44 bits per heavy atom. The van der Waals surface area contributed by atoms with Gasteiger partial charge in [-0.3, -0.25) is 10.9 Å². The van der Waals surface area contributed by atoms with Crippen LogP contribution in [0.5, 0.6) is 0 Å². The normalized spacial score (nSPS) is 9.75. The Labute approximate surface area is 90.4 Å². The number of benzene rings is 1. The second-order valence-corrected chi connectivity index (χ2v) is 2.92. The summed E-state index contributed by atoms with van der Waals surface area (Å²) in [5.74, 6) is 0. The minimum Gasteiger partial charge on any atom is -0.350 e. The standard InChI is InChI=1S/C8H9N7O/c9-8(16)12-11-6-2-1-3-7(4-6)15-5-10-13-14-15/h1-5,11H,(H3,9,12,16). The number of urea groups is 1. The van der Waals surface area contributed by atoms with Gasteiger partial charge in [0.25, 0.3) is 0 Å². The average molecular weight is 219 g/mol. The van der Waals surface area contributed by atoms with Crippen molar-refractivity contribution in [3.8, 4) is 5.69 Å². The van der Waals surface area contributed by atoms with E-state index in [9.17, 15) is 4.79 Å². The zero-order chi connectivity index (χ0) is 11.4. The molecular weight excluding hydrogens is 210 g/mol. The quantitative estimate of drug-likeness (QED) is 0.611. The molecule has 0 saturated carbocycles. The summed E-state index contributed by atoms with van der Waals surface area (Å²) in [5, 5.41) is 10.8. The molecule has 8 heteroatoms. The smallest absolute Gasteiger partial charge is 0.330 e. The van der Waals surface area contributed by atoms with Gasteiger partial charge in [-0.25, -0.2) is 9.48 Å². The van der Waals surface area contributed by atoms with Crippen molar-refractivity contribution in [1.82, 2.24) is 25.6 Å². The molecular formula is C8H9N7O. The van der Waals surface area contributed by atoms with Crippen LogP contribution in [0.2, 0.25) is 0 Å². The highest BCUT2D eigenvalue weighted by Gasteiger charge is 1.99. The summed E-state index contributed by atoms with van der Waals surface area (Å²) in [7, 11) is 0. The Hall–Kier alpha value is -2.64. The fourth-order valence-electron chi connectivity index (χ4n) is 1.14. The molecule has 0 atom stereocenters. The predicted octanol–water partition coefficient (Wildman–Crippen LogP) is -0.343. The summed E-state index contributed by atoms with van der Waals surface area (Å²) in [6, 6.07) is 6.48. The zero-order valence-electron chi connectivity index (χ0n) is 8.16. The van der Waals surface area contributed by atoms with E-state index in [2.05, 4.69) is 26.4 Å². The molecule has 0 radical (unpaired) electrons. The molecule has 82 valence electrons. The van der Waals surface area contributed by atoms with Crippen molar-refractivity contribution >= 4 is 11.7 Å². The first kappa shape index (κ1) is 9.90. The molecule has 2 aromatic rings. The molecule has 8 nitrogen and oxygen atoms in total. The monoisotopic (exact) mass is 219 g/mol. The minimum absolute atomic E-state index is 0.659. The fourth-order valence-corrected chi connectivity index (χ4v) is 1.14. The summed E-state index contributed by atoms with van der Waals surface area (Å²) >= 11 is 0. The van der Waals surface area contributed by atoms with Gasteiger partial charge in [-0.15, -0.1) is 5.10 Å². The first-order chi connectivity index (χ1) is 7.75. The van der Waals surface area contributed by atoms with Crippen molar-refractivity contribution in [2.24, 2.45) is 5.73 Å². The maximum Gasteiger partial charge on any atom is 0.330 e. The first-order valence-corrected chi connectivity index (χ1v) is 4.40. The molecule has 4 N–H and O–H groups in total. The van der Waals surface area contributed by atoms with E-state index in [4.69, 9.17) is 5.73 Å². The second-order valence-electron chi connectivity index (χ2n) is 2.92. The van der Waals surface area contributed by atoms with Gasteiger partial charge < -0.3 is 5.73 Å². The van der Waals surface area contributed by atoms with Crippen LogP contribution in [0.25, 0.3) is 5.69 Å². The Bertz CT molecular complexity index is 481. The van der Waals surface area contributed by atoms with E-state index in [-0.39, 0.29) is 0 Å². The van der Waals surface area contributed by atoms with E-state index in [1.54, 1.807) is 18.2 Å². The fraction of sp³-hybridized carbons (Fsp3) is 0. The lowest BCUT2D eigenvalue weighted by Crippen LogP contribution is -2.34. The van der Waals surface area contributed by atoms with Crippen LogP contribution in [-0.2, 0) is 0 Å². The molecule has 1 aromatic carbocycles. The number of nitrogens with two attached hydrogens (primary N) is 1. The number of hydrogen-bond acceptors (Lipinski definition) is 5. The van der Waals surface area contributed by atoms with Gasteiger partial charge in [-0.05, 0) is 28.6 Å². The molecule has 2 amide bonds. The van der Waals surface area contributed by atoms with Crippen LogP contribution in [0.1, 0.15) is 0 Å². The number of nitrogens with one attached hydrogen (secondary N) is 2. The van der Waals surface area contributed by atoms with Gasteiger partial charge >= 0.3 is 6.03 Å². The van der Waals surface area contributed by atoms with Crippen molar-refractivity contribution < 1.29 is 4.79 Å². The van der Waals surface area contributed by atoms with E-state index in [0.717, 1.165) is 5.69 Å². The number of aromatic nitrogens is 4. The Balaban J connectivity index is 2.17. The number of tetrazole rings is 1. The van der Waals surface area contributed by atoms with E-state index < -0.39 is 6.03 Å². The highest BCUT2D eigenvalue weighted by atomic mass is 16.2. The zero-order valence-corrected chi connectivity index (χ0v) is 8.16. The lowest BCUT2D eigenvalue weighted by Gasteiger charge is -2.07. The molecule has 2 rings (SSSR count). The minimum atomic E-state index is -0.659. The van der Waals surface area contributed by atoms with E-state index in [1.165, 1.54) is 11.0 Å². The third-order valence-corrected chi connectivity index (χ3v) is 1.79. The highest BCUT2D eigenvalue weighted by molar-refractivity contribution is 5.73. The molecule has 1 heterocycles. The van der Waals surface area contributed by atoms with Crippen LogP contribution < -0.4 is 16.6 Å². The number of hydrazine groups is 1. The predicted molar refractivity (Wildman–Crippen MR) is 55.5 cm³/mol. The molecule has 0 spiro atoms. The molecule has 0 unspecified atom stereocenters. The van der Waals surface area contributed by atoms with Crippen LogP contribution in [-0.4, -0.2) is 26.2 Å². The summed E-state index contributed by atoms with van der Waals surface area (Å²) in [6.45, 7) is 0. The maximum absolute atomic E-state index is 10.5. The summed E-state index contributed by atoms with van der Waals surface area (Å²) in [5.41, 5.74) is 11.3. The molecule has 0 aliphatic heterocycles. The van der Waals surface area contributed by atoms with E-state index >= 15 is 0 Å². The molecule has 1 aromatic heterocycles. The molecule has 0 aliphatic carbocycles. The second kappa shape index (κ2) is 4.26. The number of hydrogen-bond donors (Lipinski definition) is 3. The Kier molecular flexibility index (Phi) is 2.63. The van der Waals surface area contributed by atoms with Gasteiger partial charge in [0.15, 0.2) is 0 Å². The average Bonchev–Trinajstić information content (AvgIpc) is 2.80. The van der Waals surface area contributed by atoms with Gasteiger partial charge in [0, 0.05) is 0 Å². The third kappa shape index (κ3) is 2.23. The van der Waals surface area contributed by atoms with Gasteiger partial charge in [0.1, 0.15) is 6.33 Å². The molecule has 0 saturated heterocycles. The number of carbonyl (C=O) groups is 1. The number of primary amides is 1. The van der Waals surface area contributed by atoms with Crippen LogP contribution in [0, 0.1) is 0 Å². The summed E-state index contributed by atoms with van der Waals surface area (Å²) in [4.78, 5) is 10.5. The summed E-state index contributed by atoms with van der Waals surface area (Å²) < 4.78 is 1.50. The van der Waals surface area contributed by atoms with Crippen LogP contribution in [0.15, 0.2) is 30.6 Å². The molecule has 16 heavy (non-hydrogen) atoms. The summed E-state index contributed by atoms with van der Waals surface area (Å²) in [6.07, 6.45) is 1.47. The lowest BCUT2D eigenvalue weighted by atomic mass is 10.3. The van der Waals surface area contributed by atoms with Crippen molar-refractivity contribution in [3.63, 3.8) is 0 Å². The largest absolute Gasteiger partial charge is 0.350 e. The van der Waals surface area contributed by atoms with Crippen LogP contribution in [0.3, 0.4) is 0 Å². The molecule has 0 fully saturated rings. The topological polar surface area (TPSA) is 111 Å². The Morgan fingerprint density at radius 2 is 2.31 bits per heavy atom. The third-order valence-electron chi connectivity index (χ3n) is 1.79. The van der Waals surface area contributed by atoms with Crippen molar-refractivity contribution in [1.29, 1.82) is 0 Å². The number of anilines is 1. The SMILES string of the molecule is NC(=O)NNc1cccc(-n2cnnn2)c1. The Morgan fingerprint density at radius 3 is 3.00 bits per heavy atom. The van der Waals surface area contributed by atoms with Gasteiger partial charge in [-0.1, -0.05) is 6.07 Å². The van der Waals surface area contributed by atoms with Crippen molar-refractivity contribution in [2.45, 2.75) is 0 Å². The number of amides is 2. The maximum atomic E-state index is 10.5. The number of rotatable bonds is 3. The van der Waals surface area contributed by atoms with Gasteiger partial charge in [-0.2, -0.15) is 0 Å². The molecule has 0 bridgehead atoms. The van der Waals surface area contributed by atoms with Crippen LogP contribution in [0.4, 0.5) is 10.5 Å². The first-order valence-electron chi connectivity index (χ1n) is 4.40. The van der Waals surface area contributed by atoms with Gasteiger partial charge in [0.05, 0.1) is 11.4 Å². The lowest BCUT2D eigenvalue weighted by molar-refractivity contribution is 0.250. The van der Waals surface area contributed by atoms with Gasteiger partial charge in [0.2, 0.25) is 0 Å². The molecule has 0 aliphatic rings. The van der Waals surface area contributed by atoms with E-state index in [1.807, 2.05) is 6.07 Å². The van der Waals surface area contributed by atoms with E-state index in [0.29, 0.717) is 5.69 Å².